The van der Waals surface area contributed by atoms with Gasteiger partial charge in [-0.25, -0.2) is 9.59 Å². The van der Waals surface area contributed by atoms with E-state index in [-0.39, 0.29) is 31.0 Å². The molecule has 1 aromatic carbocycles. The lowest BCUT2D eigenvalue weighted by Crippen LogP contribution is -2.44. The fourth-order valence-corrected chi connectivity index (χ4v) is 3.34. The van der Waals surface area contributed by atoms with Gasteiger partial charge in [0.05, 0.1) is 23.1 Å². The molecule has 2 heterocycles. The van der Waals surface area contributed by atoms with E-state index in [2.05, 4.69) is 22.5 Å². The highest BCUT2D eigenvalue weighted by atomic mass is 16.6. The van der Waals surface area contributed by atoms with Crippen LogP contribution in [-0.4, -0.2) is 39.2 Å². The third-order valence-corrected chi connectivity index (χ3v) is 4.57. The Labute approximate surface area is 187 Å². The smallest absolute Gasteiger partial charge is 0.408 e. The molecule has 1 aliphatic rings. The number of aryl methyl sites for hydroxylation is 1. The van der Waals surface area contributed by atoms with E-state index in [1.807, 2.05) is 13.8 Å². The summed E-state index contributed by atoms with van der Waals surface area (Å²) in [6.45, 7) is 9.39. The number of para-hydroxylation sites is 1. The average molecular weight is 443 g/mol. The summed E-state index contributed by atoms with van der Waals surface area (Å²) in [5.41, 5.74) is 0.769. The maximum Gasteiger partial charge on any atom is 0.408 e. The quantitative estimate of drug-likeness (QED) is 0.547. The molecule has 1 aliphatic heterocycles. The zero-order valence-corrected chi connectivity index (χ0v) is 19.4. The van der Waals surface area contributed by atoms with E-state index in [1.54, 1.807) is 46.0 Å². The number of alkyl carbamates (subject to hydrolysis) is 1. The van der Waals surface area contributed by atoms with Crippen molar-refractivity contribution < 1.29 is 19.1 Å². The van der Waals surface area contributed by atoms with Crippen LogP contribution in [0.5, 0.6) is 0 Å². The Morgan fingerprint density at radius 3 is 2.56 bits per heavy atom. The van der Waals surface area contributed by atoms with Crippen LogP contribution in [0.4, 0.5) is 4.79 Å². The topological polar surface area (TPSA) is 111 Å². The molecule has 0 spiro atoms. The van der Waals surface area contributed by atoms with Gasteiger partial charge in [0.15, 0.2) is 0 Å². The van der Waals surface area contributed by atoms with Crippen LogP contribution in [0.1, 0.15) is 59.1 Å². The van der Waals surface area contributed by atoms with Crippen molar-refractivity contribution in [3.8, 4) is 11.8 Å². The van der Waals surface area contributed by atoms with Gasteiger partial charge in [-0.2, -0.15) is 0 Å². The number of nitrogens with one attached hydrogen (secondary N) is 2. The van der Waals surface area contributed by atoms with Crippen LogP contribution < -0.4 is 16.3 Å². The van der Waals surface area contributed by atoms with Gasteiger partial charge in [0.25, 0.3) is 0 Å². The number of imide groups is 1. The highest BCUT2D eigenvalue weighted by Gasteiger charge is 2.31. The Morgan fingerprint density at radius 2 is 1.94 bits per heavy atom. The molecular formula is C23H30N4O5. The average Bonchev–Trinajstić information content (AvgIpc) is 2.97. The van der Waals surface area contributed by atoms with Gasteiger partial charge in [-0.15, -0.1) is 0 Å². The minimum atomic E-state index is -0.754. The zero-order valence-electron chi connectivity index (χ0n) is 19.4. The Hall–Kier alpha value is -3.54. The standard InChI is InChI=1S/C21H24N4O5.C2H6/c1-21(2,3)30-19(28)22-12-6-8-13-7-5-9-14-17(13)24(4)20(29)25(14)15-10-11-16(26)23-18(15)27;1-2/h5,7,9,15H,10-12H2,1-4H3,(H,22,28)(H,23,26,27);1-2H3. The lowest BCUT2D eigenvalue weighted by Gasteiger charge is -2.21. The fourth-order valence-electron chi connectivity index (χ4n) is 3.34. The van der Waals surface area contributed by atoms with Crippen molar-refractivity contribution in [1.29, 1.82) is 0 Å². The van der Waals surface area contributed by atoms with Crippen LogP contribution in [0.2, 0.25) is 0 Å². The molecule has 3 rings (SSSR count). The third-order valence-electron chi connectivity index (χ3n) is 4.57. The fraction of sp³-hybridized carbons (Fsp3) is 0.478. The van der Waals surface area contributed by atoms with Crippen molar-refractivity contribution in [2.24, 2.45) is 7.05 Å². The van der Waals surface area contributed by atoms with E-state index in [1.165, 1.54) is 9.13 Å². The molecule has 1 atom stereocenters. The number of imidazole rings is 1. The molecule has 2 N–H and O–H groups in total. The highest BCUT2D eigenvalue weighted by Crippen LogP contribution is 2.24. The maximum atomic E-state index is 12.9. The summed E-state index contributed by atoms with van der Waals surface area (Å²) in [4.78, 5) is 48.3. The Balaban J connectivity index is 0.00000176. The van der Waals surface area contributed by atoms with Gasteiger partial charge < -0.3 is 10.1 Å². The molecule has 0 aliphatic carbocycles. The first-order chi connectivity index (χ1) is 15.1. The predicted octanol–water partition coefficient (Wildman–Crippen LogP) is 2.22. The number of carbonyl (C=O) groups is 3. The largest absolute Gasteiger partial charge is 0.444 e. The molecule has 9 heteroatoms. The maximum absolute atomic E-state index is 12.9. The molecule has 2 aromatic rings. The van der Waals surface area contributed by atoms with Crippen LogP contribution in [0.3, 0.4) is 0 Å². The van der Waals surface area contributed by atoms with E-state index in [4.69, 9.17) is 4.74 Å². The number of fused-ring (bicyclic) bond motifs is 1. The number of benzene rings is 1. The predicted molar refractivity (Wildman–Crippen MR) is 121 cm³/mol. The summed E-state index contributed by atoms with van der Waals surface area (Å²) >= 11 is 0. The van der Waals surface area contributed by atoms with Crippen LogP contribution in [-0.2, 0) is 21.4 Å². The van der Waals surface area contributed by atoms with Crippen molar-refractivity contribution in [3.05, 3.63) is 34.2 Å². The molecule has 1 fully saturated rings. The van der Waals surface area contributed by atoms with Crippen molar-refractivity contribution in [2.45, 2.75) is 59.1 Å². The van der Waals surface area contributed by atoms with Crippen molar-refractivity contribution in [2.75, 3.05) is 6.54 Å². The Kier molecular flexibility index (Phi) is 7.87. The zero-order chi connectivity index (χ0) is 24.1. The second-order valence-electron chi connectivity index (χ2n) is 8.01. The lowest BCUT2D eigenvalue weighted by atomic mass is 10.1. The molecule has 1 saturated heterocycles. The van der Waals surface area contributed by atoms with Gasteiger partial charge >= 0.3 is 11.8 Å². The van der Waals surface area contributed by atoms with Crippen LogP contribution >= 0.6 is 0 Å². The van der Waals surface area contributed by atoms with Crippen molar-refractivity contribution in [1.82, 2.24) is 19.8 Å². The number of amides is 3. The van der Waals surface area contributed by atoms with Gasteiger partial charge in [0.2, 0.25) is 11.8 Å². The molecule has 9 nitrogen and oxygen atoms in total. The highest BCUT2D eigenvalue weighted by molar-refractivity contribution is 6.00. The number of nitrogens with zero attached hydrogens (tertiary/aromatic N) is 2. The SMILES string of the molecule is CC.Cn1c(=O)n(C2CCC(=O)NC2=O)c2cccc(C#CCNC(=O)OC(C)(C)C)c21. The summed E-state index contributed by atoms with van der Waals surface area (Å²) < 4.78 is 7.99. The van der Waals surface area contributed by atoms with Crippen LogP contribution in [0.15, 0.2) is 23.0 Å². The number of carbonyl (C=O) groups excluding carboxylic acids is 3. The Bertz CT molecular complexity index is 1140. The molecule has 172 valence electrons. The minimum absolute atomic E-state index is 0.0765. The summed E-state index contributed by atoms with van der Waals surface area (Å²) in [5, 5.41) is 4.84. The number of rotatable bonds is 2. The molecule has 1 unspecified atom stereocenters. The first-order valence-corrected chi connectivity index (χ1v) is 10.6. The lowest BCUT2D eigenvalue weighted by molar-refractivity contribution is -0.135. The molecule has 3 amide bonds. The molecule has 1 aromatic heterocycles. The first-order valence-electron chi connectivity index (χ1n) is 10.6. The first kappa shape index (κ1) is 24.7. The van der Waals surface area contributed by atoms with Crippen molar-refractivity contribution >= 4 is 28.9 Å². The van der Waals surface area contributed by atoms with Crippen LogP contribution in [0.25, 0.3) is 11.0 Å². The van der Waals surface area contributed by atoms with Gasteiger partial charge in [-0.3, -0.25) is 24.0 Å². The van der Waals surface area contributed by atoms with E-state index >= 15 is 0 Å². The van der Waals surface area contributed by atoms with Gasteiger partial charge in [-0.1, -0.05) is 31.8 Å². The van der Waals surface area contributed by atoms with Crippen LogP contribution in [0, 0.1) is 11.8 Å². The van der Waals surface area contributed by atoms with E-state index in [9.17, 15) is 19.2 Å². The molecule has 0 radical (unpaired) electrons. The third kappa shape index (κ3) is 5.58. The molecule has 32 heavy (non-hydrogen) atoms. The second kappa shape index (κ2) is 10.2. The second-order valence-corrected chi connectivity index (χ2v) is 8.01. The summed E-state index contributed by atoms with van der Waals surface area (Å²) in [5.74, 6) is 4.98. The summed E-state index contributed by atoms with van der Waals surface area (Å²) in [6.07, 6.45) is -0.125. The Morgan fingerprint density at radius 1 is 1.25 bits per heavy atom. The number of hydrogen-bond donors (Lipinski definition) is 2. The van der Waals surface area contributed by atoms with Gasteiger partial charge in [-0.05, 0) is 39.3 Å². The van der Waals surface area contributed by atoms with Crippen molar-refractivity contribution in [3.63, 3.8) is 0 Å². The van der Waals surface area contributed by atoms with Gasteiger partial charge in [0, 0.05) is 13.5 Å². The number of piperidine rings is 1. The summed E-state index contributed by atoms with van der Waals surface area (Å²) in [7, 11) is 1.61. The monoisotopic (exact) mass is 442 g/mol. The molecule has 0 bridgehead atoms. The van der Waals surface area contributed by atoms with E-state index in [0.29, 0.717) is 16.6 Å². The number of aromatic nitrogens is 2. The normalized spacial score (nSPS) is 15.8. The van der Waals surface area contributed by atoms with E-state index in [0.717, 1.165) is 0 Å². The van der Waals surface area contributed by atoms with Gasteiger partial charge in [0.1, 0.15) is 11.6 Å². The number of ether oxygens (including phenoxy) is 1. The van der Waals surface area contributed by atoms with E-state index < -0.39 is 23.6 Å². The minimum Gasteiger partial charge on any atom is -0.444 e. The molecule has 0 saturated carbocycles. The molecular weight excluding hydrogens is 412 g/mol. The number of hydrogen-bond acceptors (Lipinski definition) is 5. The summed E-state index contributed by atoms with van der Waals surface area (Å²) in [6, 6.07) is 4.49.